The second-order valence-electron chi connectivity index (χ2n) is 0.560. The van der Waals surface area contributed by atoms with Gasteiger partial charge in [0.25, 0.3) is 0 Å². The van der Waals surface area contributed by atoms with Gasteiger partial charge in [0.2, 0.25) is 0 Å². The van der Waals surface area contributed by atoms with E-state index in [1.807, 2.05) is 0 Å². The maximum absolute atomic E-state index is 10.2. The van der Waals surface area contributed by atoms with Crippen molar-refractivity contribution in [2.45, 2.75) is 0 Å². The van der Waals surface area contributed by atoms with Crippen LogP contribution in [0.2, 0.25) is 0 Å². The van der Waals surface area contributed by atoms with Crippen LogP contribution >= 0.6 is 7.82 Å². The number of rotatable bonds is 1. The molecule has 0 spiro atoms. The van der Waals surface area contributed by atoms with E-state index >= 15 is 0 Å². The smallest absolute Gasteiger partial charge is 1.00 e. The second-order valence-corrected chi connectivity index (χ2v) is 1.68. The Kier molecular flexibility index (Phi) is 13.5. The van der Waals surface area contributed by atoms with Crippen LogP contribution < -0.4 is 29.6 Å². The van der Waals surface area contributed by atoms with Gasteiger partial charge in [-0.3, -0.25) is 0 Å². The van der Waals surface area contributed by atoms with Crippen LogP contribution in [0.3, 0.4) is 0 Å². The standard InChI is InChI=1S/FH2O4P.Na.Ni.H/c1-5-6(2,3)4;;;/h(H2,2,3,4);;;/q;+1;;-1. The van der Waals surface area contributed by atoms with Crippen molar-refractivity contribution in [1.82, 2.24) is 0 Å². The van der Waals surface area contributed by atoms with Gasteiger partial charge in [-0.1, -0.05) is 4.73 Å². The third kappa shape index (κ3) is 15.6. The largest absolute Gasteiger partial charge is 1.00 e. The van der Waals surface area contributed by atoms with Gasteiger partial charge in [0.05, 0.1) is 0 Å². The van der Waals surface area contributed by atoms with E-state index in [1.54, 1.807) is 0 Å². The van der Waals surface area contributed by atoms with E-state index in [2.05, 4.69) is 4.73 Å². The summed E-state index contributed by atoms with van der Waals surface area (Å²) in [6.07, 6.45) is 0. The Balaban J connectivity index is -0.0000000417. The summed E-state index contributed by atoms with van der Waals surface area (Å²) in [4.78, 5) is 14.7. The molecule has 8 heavy (non-hydrogen) atoms. The molecule has 0 saturated heterocycles. The molecule has 0 fully saturated rings. The first-order valence-electron chi connectivity index (χ1n) is 0.919. The zero-order valence-electron chi connectivity index (χ0n) is 4.85. The van der Waals surface area contributed by atoms with E-state index in [4.69, 9.17) is 14.4 Å². The number of phosphoric acid groups is 1. The van der Waals surface area contributed by atoms with Crippen LogP contribution in [0.25, 0.3) is 0 Å². The molecular weight excluding hydrogens is 196 g/mol. The minimum atomic E-state index is -4.81. The molecule has 0 amide bonds. The van der Waals surface area contributed by atoms with E-state index in [1.165, 1.54) is 0 Å². The molecule has 0 aromatic heterocycles. The van der Waals surface area contributed by atoms with E-state index in [-0.39, 0.29) is 47.5 Å². The summed E-state index contributed by atoms with van der Waals surface area (Å²) in [7, 11) is -4.81. The van der Waals surface area contributed by atoms with Crippen molar-refractivity contribution in [2.24, 2.45) is 0 Å². The molecule has 4 nitrogen and oxygen atoms in total. The third-order valence-electron chi connectivity index (χ3n) is 0.0899. The van der Waals surface area contributed by atoms with Crippen LogP contribution in [-0.2, 0) is 25.8 Å². The Bertz CT molecular complexity index is 84.6. The van der Waals surface area contributed by atoms with Gasteiger partial charge in [-0.05, 0) is 4.53 Å². The molecule has 0 saturated carbocycles. The Morgan fingerprint density at radius 3 is 1.75 bits per heavy atom. The summed E-state index contributed by atoms with van der Waals surface area (Å²) < 4.78 is 21.4. The van der Waals surface area contributed by atoms with Crippen molar-refractivity contribution in [3.8, 4) is 0 Å². The van der Waals surface area contributed by atoms with Crippen molar-refractivity contribution in [3.05, 3.63) is 0 Å². The molecule has 0 aliphatic heterocycles. The molecule has 0 heterocycles. The zero-order valence-corrected chi connectivity index (χ0v) is 7.73. The molecule has 0 aromatic rings. The van der Waals surface area contributed by atoms with Gasteiger partial charge in [0.1, 0.15) is 0 Å². The summed E-state index contributed by atoms with van der Waals surface area (Å²) in [5, 5.41) is 0. The normalized spacial score (nSPS) is 8.88. The van der Waals surface area contributed by atoms with Gasteiger partial charge in [-0.25, -0.2) is 4.57 Å². The topological polar surface area (TPSA) is 66.8 Å². The van der Waals surface area contributed by atoms with Gasteiger partial charge in [0.15, 0.2) is 0 Å². The van der Waals surface area contributed by atoms with Gasteiger partial charge in [-0.2, -0.15) is 0 Å². The minimum absolute atomic E-state index is 0. The fourth-order valence-electron chi connectivity index (χ4n) is 0. The summed E-state index contributed by atoms with van der Waals surface area (Å²) in [5.74, 6) is 0. The van der Waals surface area contributed by atoms with E-state index in [0.717, 1.165) is 0 Å². The maximum Gasteiger partial charge on any atom is 1.00 e. The van der Waals surface area contributed by atoms with Gasteiger partial charge >= 0.3 is 37.4 Å². The molecule has 8 heteroatoms. The van der Waals surface area contributed by atoms with Crippen LogP contribution in [0.1, 0.15) is 1.43 Å². The molecule has 0 aliphatic carbocycles. The Morgan fingerprint density at radius 1 is 1.62 bits per heavy atom. The fourth-order valence-corrected chi connectivity index (χ4v) is 0. The van der Waals surface area contributed by atoms with Crippen LogP contribution in [0.5, 0.6) is 0 Å². The third-order valence-corrected chi connectivity index (χ3v) is 0.270. The number of hydrogen-bond donors (Lipinski definition) is 2. The maximum atomic E-state index is 10.2. The van der Waals surface area contributed by atoms with Crippen LogP contribution in [0.15, 0.2) is 0 Å². The van der Waals surface area contributed by atoms with E-state index < -0.39 is 7.82 Å². The van der Waals surface area contributed by atoms with Gasteiger partial charge in [-0.15, -0.1) is 0 Å². The first kappa shape index (κ1) is 16.3. The van der Waals surface area contributed by atoms with Gasteiger partial charge in [0, 0.05) is 16.5 Å². The minimum Gasteiger partial charge on any atom is -1.00 e. The van der Waals surface area contributed by atoms with Gasteiger partial charge < -0.3 is 11.2 Å². The Morgan fingerprint density at radius 2 is 1.75 bits per heavy atom. The predicted molar refractivity (Wildman–Crippen MR) is 15.3 cm³/mol. The second kappa shape index (κ2) is 6.65. The fraction of sp³-hybridized carbons (Fsp3) is 0. The van der Waals surface area contributed by atoms with Crippen molar-refractivity contribution in [1.29, 1.82) is 0 Å². The Labute approximate surface area is 78.6 Å². The molecule has 0 aliphatic rings. The monoisotopic (exact) mass is 198 g/mol. The molecule has 0 bridgehead atoms. The average Bonchev–Trinajstić information content (AvgIpc) is 1.35. The van der Waals surface area contributed by atoms with Crippen molar-refractivity contribution in [3.63, 3.8) is 0 Å². The average molecular weight is 199 g/mol. The van der Waals surface area contributed by atoms with Crippen molar-refractivity contribution < 1.29 is 71.1 Å². The summed E-state index contributed by atoms with van der Waals surface area (Å²) in [5.41, 5.74) is 0. The Hall–Kier alpha value is 1.53. The van der Waals surface area contributed by atoms with Crippen molar-refractivity contribution >= 4 is 7.82 Å². The number of halogens is 1. The van der Waals surface area contributed by atoms with E-state index in [0.29, 0.717) is 0 Å². The van der Waals surface area contributed by atoms with Crippen LogP contribution in [-0.4, -0.2) is 9.79 Å². The summed E-state index contributed by atoms with van der Waals surface area (Å²) in [6.45, 7) is 0. The molecule has 0 aromatic carbocycles. The molecule has 0 atom stereocenters. The molecule has 2 N–H and O–H groups in total. The molecule has 0 rings (SSSR count). The first-order chi connectivity index (χ1) is 2.56. The van der Waals surface area contributed by atoms with Crippen LogP contribution in [0, 0.1) is 0 Å². The van der Waals surface area contributed by atoms with Crippen LogP contribution in [0.4, 0.5) is 4.53 Å². The first-order valence-corrected chi connectivity index (χ1v) is 2.45. The quantitative estimate of drug-likeness (QED) is 0.350. The predicted octanol–water partition coefficient (Wildman–Crippen LogP) is -2.91. The molecule has 0 unspecified atom stereocenters. The summed E-state index contributed by atoms with van der Waals surface area (Å²) >= 11 is 0. The number of hydrogen-bond acceptors (Lipinski definition) is 2. The molecule has 0 radical (unpaired) electrons. The zero-order chi connectivity index (χ0) is 5.21. The summed E-state index contributed by atoms with van der Waals surface area (Å²) in [6, 6.07) is 0. The van der Waals surface area contributed by atoms with E-state index in [9.17, 15) is 4.53 Å². The SMILES string of the molecule is O=P(O)(O)OF.[H-].[Na+].[Ni]. The van der Waals surface area contributed by atoms with Crippen molar-refractivity contribution in [2.75, 3.05) is 0 Å². The molecule has 50 valence electrons. The molecular formula is H3FNaNiO4P.